The topological polar surface area (TPSA) is 61.7 Å². The van der Waals surface area contributed by atoms with Crippen LogP contribution in [0.15, 0.2) is 18.2 Å². The zero-order valence-corrected chi connectivity index (χ0v) is 9.82. The van der Waals surface area contributed by atoms with Gasteiger partial charge >= 0.3 is 0 Å². The van der Waals surface area contributed by atoms with E-state index in [4.69, 9.17) is 9.84 Å². The van der Waals surface area contributed by atoms with Gasteiger partial charge in [0.2, 0.25) is 0 Å². The molecule has 0 saturated heterocycles. The Bertz CT molecular complexity index is 347. The molecule has 0 aliphatic carbocycles. The van der Waals surface area contributed by atoms with Crippen LogP contribution in [0.1, 0.15) is 18.5 Å². The van der Waals surface area contributed by atoms with Crippen LogP contribution in [-0.2, 0) is 4.74 Å². The number of hydrogen-bond acceptors (Lipinski definition) is 4. The molecular weight excluding hydrogens is 225 g/mol. The third kappa shape index (κ3) is 4.68. The van der Waals surface area contributed by atoms with E-state index >= 15 is 0 Å². The van der Waals surface area contributed by atoms with Gasteiger partial charge in [0.25, 0.3) is 0 Å². The van der Waals surface area contributed by atoms with Crippen LogP contribution in [-0.4, -0.2) is 36.6 Å². The highest BCUT2D eigenvalue weighted by Gasteiger charge is 2.10. The number of aromatic hydroxyl groups is 1. The van der Waals surface area contributed by atoms with E-state index in [1.165, 1.54) is 6.07 Å². The molecule has 4 nitrogen and oxygen atoms in total. The molecule has 3 N–H and O–H groups in total. The fraction of sp³-hybridized carbons (Fsp3) is 0.500. The van der Waals surface area contributed by atoms with Crippen LogP contribution in [0.5, 0.6) is 5.75 Å². The van der Waals surface area contributed by atoms with E-state index in [0.29, 0.717) is 25.3 Å². The predicted octanol–water partition coefficient (Wildman–Crippen LogP) is 1.19. The van der Waals surface area contributed by atoms with Gasteiger partial charge in [0.15, 0.2) is 0 Å². The van der Waals surface area contributed by atoms with Gasteiger partial charge in [-0.05, 0) is 13.0 Å². The zero-order valence-electron chi connectivity index (χ0n) is 9.82. The second kappa shape index (κ2) is 7.21. The van der Waals surface area contributed by atoms with E-state index in [1.54, 1.807) is 6.07 Å². The lowest BCUT2D eigenvalue weighted by Crippen LogP contribution is -2.23. The molecule has 0 bridgehead atoms. The van der Waals surface area contributed by atoms with E-state index in [1.807, 2.05) is 6.92 Å². The number of ether oxygens (including phenoxy) is 1. The maximum Gasteiger partial charge on any atom is 0.126 e. The zero-order chi connectivity index (χ0) is 12.7. The van der Waals surface area contributed by atoms with Gasteiger partial charge in [0.1, 0.15) is 11.6 Å². The Kier molecular flexibility index (Phi) is 5.90. The molecule has 96 valence electrons. The Balaban J connectivity index is 2.38. The number of phenolic OH excluding ortho intramolecular Hbond substituents is 1. The van der Waals surface area contributed by atoms with Crippen molar-refractivity contribution in [1.29, 1.82) is 0 Å². The first-order valence-corrected chi connectivity index (χ1v) is 5.55. The number of benzene rings is 1. The van der Waals surface area contributed by atoms with Crippen molar-refractivity contribution in [2.45, 2.75) is 13.0 Å². The maximum atomic E-state index is 12.8. The predicted molar refractivity (Wildman–Crippen MR) is 62.4 cm³/mol. The molecule has 0 saturated carbocycles. The number of phenols is 1. The summed E-state index contributed by atoms with van der Waals surface area (Å²) >= 11 is 0. The third-order valence-corrected chi connectivity index (χ3v) is 2.39. The fourth-order valence-electron chi connectivity index (χ4n) is 1.51. The van der Waals surface area contributed by atoms with Gasteiger partial charge in [0, 0.05) is 24.2 Å². The molecule has 0 spiro atoms. The molecule has 0 aromatic heterocycles. The first kappa shape index (κ1) is 13.9. The summed E-state index contributed by atoms with van der Waals surface area (Å²) in [5.41, 5.74) is 0.647. The molecule has 0 fully saturated rings. The van der Waals surface area contributed by atoms with Crippen molar-refractivity contribution >= 4 is 0 Å². The van der Waals surface area contributed by atoms with Crippen molar-refractivity contribution in [2.75, 3.05) is 26.4 Å². The highest BCUT2D eigenvalue weighted by molar-refractivity contribution is 5.34. The highest BCUT2D eigenvalue weighted by Crippen LogP contribution is 2.24. The van der Waals surface area contributed by atoms with E-state index < -0.39 is 5.82 Å². The van der Waals surface area contributed by atoms with E-state index in [2.05, 4.69) is 5.32 Å². The van der Waals surface area contributed by atoms with Gasteiger partial charge in [-0.3, -0.25) is 0 Å². The average Bonchev–Trinajstić information content (AvgIpc) is 2.28. The molecule has 0 amide bonds. The molecule has 1 atom stereocenters. The SMILES string of the molecule is CC(NCCOCCO)c1ccc(F)cc1O. The standard InChI is InChI=1S/C12H18FNO3/c1-9(14-4-6-17-7-5-15)11-3-2-10(13)8-12(11)16/h2-3,8-9,14-16H,4-7H2,1H3. The number of nitrogens with one attached hydrogen (secondary N) is 1. The van der Waals surface area contributed by atoms with Crippen molar-refractivity contribution in [1.82, 2.24) is 5.32 Å². The second-order valence-electron chi connectivity index (χ2n) is 3.71. The van der Waals surface area contributed by atoms with Gasteiger partial charge in [-0.1, -0.05) is 6.07 Å². The van der Waals surface area contributed by atoms with Crippen molar-refractivity contribution in [3.63, 3.8) is 0 Å². The number of rotatable bonds is 7. The van der Waals surface area contributed by atoms with Crippen LogP contribution in [0.3, 0.4) is 0 Å². The van der Waals surface area contributed by atoms with Gasteiger partial charge in [-0.25, -0.2) is 4.39 Å². The molecule has 1 aromatic carbocycles. The first-order valence-electron chi connectivity index (χ1n) is 5.55. The molecule has 0 aliphatic rings. The number of aliphatic hydroxyl groups excluding tert-OH is 1. The summed E-state index contributed by atoms with van der Waals surface area (Å²) in [7, 11) is 0. The lowest BCUT2D eigenvalue weighted by molar-refractivity contribution is 0.0928. The normalized spacial score (nSPS) is 12.6. The largest absolute Gasteiger partial charge is 0.508 e. The van der Waals surface area contributed by atoms with Gasteiger partial charge in [-0.2, -0.15) is 0 Å². The molecule has 1 rings (SSSR count). The van der Waals surface area contributed by atoms with Gasteiger partial charge in [0.05, 0.1) is 19.8 Å². The smallest absolute Gasteiger partial charge is 0.126 e. The number of hydrogen-bond donors (Lipinski definition) is 3. The lowest BCUT2D eigenvalue weighted by Gasteiger charge is -2.15. The average molecular weight is 243 g/mol. The molecule has 0 aliphatic heterocycles. The van der Waals surface area contributed by atoms with Crippen LogP contribution in [0.4, 0.5) is 4.39 Å². The third-order valence-electron chi connectivity index (χ3n) is 2.39. The quantitative estimate of drug-likeness (QED) is 0.630. The lowest BCUT2D eigenvalue weighted by atomic mass is 10.1. The Morgan fingerprint density at radius 3 is 2.82 bits per heavy atom. The molecule has 1 unspecified atom stereocenters. The number of halogens is 1. The summed E-state index contributed by atoms with van der Waals surface area (Å²) in [6, 6.07) is 3.87. The molecule has 5 heteroatoms. The summed E-state index contributed by atoms with van der Waals surface area (Å²) in [6.07, 6.45) is 0. The Labute approximate surface area is 100 Å². The summed E-state index contributed by atoms with van der Waals surface area (Å²) in [5.74, 6) is -0.508. The fourth-order valence-corrected chi connectivity index (χ4v) is 1.51. The Morgan fingerprint density at radius 2 is 2.18 bits per heavy atom. The van der Waals surface area contributed by atoms with Crippen molar-refractivity contribution < 1.29 is 19.3 Å². The van der Waals surface area contributed by atoms with E-state index in [9.17, 15) is 9.50 Å². The molecule has 17 heavy (non-hydrogen) atoms. The van der Waals surface area contributed by atoms with Gasteiger partial charge in [-0.15, -0.1) is 0 Å². The minimum atomic E-state index is -0.454. The van der Waals surface area contributed by atoms with E-state index in [-0.39, 0.29) is 18.4 Å². The second-order valence-corrected chi connectivity index (χ2v) is 3.71. The Morgan fingerprint density at radius 1 is 1.41 bits per heavy atom. The maximum absolute atomic E-state index is 12.8. The minimum absolute atomic E-state index is 0.00824. The molecule has 1 aromatic rings. The van der Waals surface area contributed by atoms with Crippen LogP contribution in [0.2, 0.25) is 0 Å². The summed E-state index contributed by atoms with van der Waals surface area (Å²) in [5, 5.41) is 21.2. The van der Waals surface area contributed by atoms with Crippen LogP contribution in [0.25, 0.3) is 0 Å². The van der Waals surface area contributed by atoms with Gasteiger partial charge < -0.3 is 20.3 Å². The monoisotopic (exact) mass is 243 g/mol. The summed E-state index contributed by atoms with van der Waals surface area (Å²) < 4.78 is 17.9. The van der Waals surface area contributed by atoms with Crippen molar-refractivity contribution in [2.24, 2.45) is 0 Å². The van der Waals surface area contributed by atoms with Crippen molar-refractivity contribution in [3.05, 3.63) is 29.6 Å². The highest BCUT2D eigenvalue weighted by atomic mass is 19.1. The summed E-state index contributed by atoms with van der Waals surface area (Å²) in [6.45, 7) is 3.27. The van der Waals surface area contributed by atoms with E-state index in [0.717, 1.165) is 6.07 Å². The van der Waals surface area contributed by atoms with Crippen LogP contribution < -0.4 is 5.32 Å². The molecular formula is C12H18FNO3. The number of aliphatic hydroxyl groups is 1. The minimum Gasteiger partial charge on any atom is -0.508 e. The molecule has 0 heterocycles. The Hall–Kier alpha value is -1.17. The first-order chi connectivity index (χ1) is 8.15. The van der Waals surface area contributed by atoms with Crippen LogP contribution >= 0.6 is 0 Å². The summed E-state index contributed by atoms with van der Waals surface area (Å²) in [4.78, 5) is 0. The molecule has 0 radical (unpaired) electrons. The van der Waals surface area contributed by atoms with Crippen molar-refractivity contribution in [3.8, 4) is 5.75 Å². The van der Waals surface area contributed by atoms with Crippen LogP contribution in [0, 0.1) is 5.82 Å².